The third-order valence-electron chi connectivity index (χ3n) is 2.13. The Labute approximate surface area is 107 Å². The molecule has 18 heavy (non-hydrogen) atoms. The van der Waals surface area contributed by atoms with Crippen LogP contribution in [-0.2, 0) is 5.75 Å². The number of nitrogens with one attached hydrogen (secondary N) is 2. The van der Waals surface area contributed by atoms with Gasteiger partial charge in [-0.05, 0) is 6.07 Å². The molecule has 0 fully saturated rings. The minimum atomic E-state index is -0.270. The number of nitrogens with zero attached hydrogens (tertiary/aromatic N) is 2. The van der Waals surface area contributed by atoms with E-state index in [1.165, 1.54) is 17.8 Å². The smallest absolute Gasteiger partial charge is 0.253 e. The molecule has 0 amide bonds. The van der Waals surface area contributed by atoms with E-state index in [9.17, 15) is 4.79 Å². The highest BCUT2D eigenvalue weighted by Gasteiger charge is 2.04. The monoisotopic (exact) mass is 264 g/mol. The lowest BCUT2D eigenvalue weighted by Gasteiger charge is -2.06. The summed E-state index contributed by atoms with van der Waals surface area (Å²) >= 11 is 1.35. The molecule has 2 rings (SSSR count). The number of rotatable bonds is 4. The van der Waals surface area contributed by atoms with Crippen LogP contribution in [-0.4, -0.2) is 15.0 Å². The summed E-state index contributed by atoms with van der Waals surface area (Å²) in [5, 5.41) is 0.465. The molecule has 0 radical (unpaired) electrons. The van der Waals surface area contributed by atoms with Crippen LogP contribution in [0, 0.1) is 0 Å². The molecule has 0 aromatic carbocycles. The summed E-state index contributed by atoms with van der Waals surface area (Å²) in [5.74, 6) is 6.71. The SMILES string of the molecule is NNc1ncccc1CSc1nc(N)cc(=O)[nH]1. The van der Waals surface area contributed by atoms with Gasteiger partial charge in [0.25, 0.3) is 5.56 Å². The van der Waals surface area contributed by atoms with Crippen LogP contribution in [0.4, 0.5) is 11.6 Å². The van der Waals surface area contributed by atoms with E-state index in [-0.39, 0.29) is 11.4 Å². The average molecular weight is 264 g/mol. The average Bonchev–Trinajstić information content (AvgIpc) is 2.35. The number of hydrogen-bond acceptors (Lipinski definition) is 7. The number of pyridine rings is 1. The third kappa shape index (κ3) is 2.99. The van der Waals surface area contributed by atoms with E-state index in [0.29, 0.717) is 16.7 Å². The molecule has 0 spiro atoms. The van der Waals surface area contributed by atoms with Crippen molar-refractivity contribution < 1.29 is 0 Å². The molecule has 7 nitrogen and oxygen atoms in total. The standard InChI is InChI=1S/C10H12N6OS/c11-7-4-8(17)15-10(14-7)18-5-6-2-1-3-13-9(6)16-12/h1-4H,5,12H2,(H,13,16)(H3,11,14,15,17). The van der Waals surface area contributed by atoms with Crippen molar-refractivity contribution >= 4 is 23.4 Å². The second-order valence-corrected chi connectivity index (χ2v) is 4.38. The second-order valence-electron chi connectivity index (χ2n) is 3.42. The number of aromatic nitrogens is 3. The summed E-state index contributed by atoms with van der Waals surface area (Å²) in [4.78, 5) is 21.9. The Morgan fingerprint density at radius 1 is 1.50 bits per heavy atom. The lowest BCUT2D eigenvalue weighted by Crippen LogP contribution is -2.11. The van der Waals surface area contributed by atoms with Crippen molar-refractivity contribution in [1.29, 1.82) is 0 Å². The summed E-state index contributed by atoms with van der Waals surface area (Å²) in [7, 11) is 0. The van der Waals surface area contributed by atoms with Crippen molar-refractivity contribution in [2.75, 3.05) is 11.2 Å². The maximum absolute atomic E-state index is 11.2. The predicted octanol–water partition coefficient (Wildman–Crippen LogP) is 0.325. The van der Waals surface area contributed by atoms with Gasteiger partial charge in [-0.25, -0.2) is 15.8 Å². The summed E-state index contributed by atoms with van der Waals surface area (Å²) in [5.41, 5.74) is 8.65. The van der Waals surface area contributed by atoms with Gasteiger partial charge in [0.05, 0.1) is 0 Å². The highest BCUT2D eigenvalue weighted by Crippen LogP contribution is 2.22. The topological polar surface area (TPSA) is 123 Å². The molecule has 6 N–H and O–H groups in total. The Balaban J connectivity index is 2.13. The first-order valence-electron chi connectivity index (χ1n) is 5.09. The molecule has 8 heteroatoms. The molecule has 0 aliphatic rings. The van der Waals surface area contributed by atoms with Crippen LogP contribution < -0.4 is 22.6 Å². The summed E-state index contributed by atoms with van der Waals surface area (Å²) in [6, 6.07) is 4.94. The molecule has 0 atom stereocenters. The predicted molar refractivity (Wildman–Crippen MR) is 70.9 cm³/mol. The normalized spacial score (nSPS) is 10.3. The number of nitrogens with two attached hydrogens (primary N) is 2. The molecule has 0 bridgehead atoms. The van der Waals surface area contributed by atoms with Crippen LogP contribution >= 0.6 is 11.8 Å². The van der Waals surface area contributed by atoms with Gasteiger partial charge < -0.3 is 16.1 Å². The number of thioether (sulfide) groups is 1. The zero-order chi connectivity index (χ0) is 13.0. The molecule has 2 aromatic rings. The van der Waals surface area contributed by atoms with Gasteiger partial charge in [-0.3, -0.25) is 4.79 Å². The Kier molecular flexibility index (Phi) is 3.80. The van der Waals surface area contributed by atoms with E-state index in [1.54, 1.807) is 6.20 Å². The zero-order valence-electron chi connectivity index (χ0n) is 9.38. The van der Waals surface area contributed by atoms with Crippen LogP contribution in [0.5, 0.6) is 0 Å². The Bertz CT molecular complexity index is 599. The van der Waals surface area contributed by atoms with E-state index in [2.05, 4.69) is 20.4 Å². The first-order valence-corrected chi connectivity index (χ1v) is 6.08. The van der Waals surface area contributed by atoms with Gasteiger partial charge >= 0.3 is 0 Å². The molecule has 2 aromatic heterocycles. The van der Waals surface area contributed by atoms with Crippen molar-refractivity contribution in [1.82, 2.24) is 15.0 Å². The number of H-pyrrole nitrogens is 1. The summed E-state index contributed by atoms with van der Waals surface area (Å²) < 4.78 is 0. The van der Waals surface area contributed by atoms with Crippen LogP contribution in [0.2, 0.25) is 0 Å². The first-order chi connectivity index (χ1) is 8.69. The van der Waals surface area contributed by atoms with Gasteiger partial charge in [-0.1, -0.05) is 17.8 Å². The fraction of sp³-hybridized carbons (Fsp3) is 0.100. The number of anilines is 2. The molecule has 94 valence electrons. The lowest BCUT2D eigenvalue weighted by molar-refractivity contribution is 0.944. The van der Waals surface area contributed by atoms with Crippen molar-refractivity contribution in [2.24, 2.45) is 5.84 Å². The molecule has 0 unspecified atom stereocenters. The lowest BCUT2D eigenvalue weighted by atomic mass is 10.3. The maximum Gasteiger partial charge on any atom is 0.253 e. The zero-order valence-corrected chi connectivity index (χ0v) is 10.2. The van der Waals surface area contributed by atoms with E-state index in [1.807, 2.05) is 12.1 Å². The fourth-order valence-electron chi connectivity index (χ4n) is 1.35. The molecule has 2 heterocycles. The number of aromatic amines is 1. The third-order valence-corrected chi connectivity index (χ3v) is 3.05. The van der Waals surface area contributed by atoms with Crippen LogP contribution in [0.25, 0.3) is 0 Å². The number of hydrazine groups is 1. The molecule has 0 aliphatic carbocycles. The second kappa shape index (κ2) is 5.52. The quantitative estimate of drug-likeness (QED) is 0.271. The van der Waals surface area contributed by atoms with E-state index >= 15 is 0 Å². The summed E-state index contributed by atoms with van der Waals surface area (Å²) in [6.07, 6.45) is 1.64. The molecule has 0 saturated heterocycles. The fourth-order valence-corrected chi connectivity index (χ4v) is 2.22. The molecule has 0 aliphatic heterocycles. The van der Waals surface area contributed by atoms with Gasteiger partial charge in [0.1, 0.15) is 11.6 Å². The van der Waals surface area contributed by atoms with Crippen molar-refractivity contribution in [3.8, 4) is 0 Å². The Hall–Kier alpha value is -2.06. The van der Waals surface area contributed by atoms with Gasteiger partial charge in [0.2, 0.25) is 0 Å². The molecular weight excluding hydrogens is 252 g/mol. The van der Waals surface area contributed by atoms with Crippen LogP contribution in [0.1, 0.15) is 5.56 Å². The van der Waals surface area contributed by atoms with E-state index in [4.69, 9.17) is 11.6 Å². The van der Waals surface area contributed by atoms with Crippen molar-refractivity contribution in [3.63, 3.8) is 0 Å². The first kappa shape index (κ1) is 12.4. The van der Waals surface area contributed by atoms with Gasteiger partial charge in [-0.2, -0.15) is 0 Å². The van der Waals surface area contributed by atoms with Crippen LogP contribution in [0.3, 0.4) is 0 Å². The highest BCUT2D eigenvalue weighted by molar-refractivity contribution is 7.98. The minimum Gasteiger partial charge on any atom is -0.383 e. The molecule has 0 saturated carbocycles. The van der Waals surface area contributed by atoms with Gasteiger partial charge in [0, 0.05) is 23.6 Å². The van der Waals surface area contributed by atoms with Crippen molar-refractivity contribution in [3.05, 3.63) is 40.3 Å². The highest BCUT2D eigenvalue weighted by atomic mass is 32.2. The maximum atomic E-state index is 11.2. The summed E-state index contributed by atoms with van der Waals surface area (Å²) in [6.45, 7) is 0. The Morgan fingerprint density at radius 3 is 3.06 bits per heavy atom. The number of nitrogen functional groups attached to an aromatic ring is 2. The van der Waals surface area contributed by atoms with Crippen molar-refractivity contribution in [2.45, 2.75) is 10.9 Å². The van der Waals surface area contributed by atoms with E-state index in [0.717, 1.165) is 5.56 Å². The minimum absolute atomic E-state index is 0.199. The number of hydrogen-bond donors (Lipinski definition) is 4. The Morgan fingerprint density at radius 2 is 2.33 bits per heavy atom. The van der Waals surface area contributed by atoms with Gasteiger partial charge in [-0.15, -0.1) is 0 Å². The van der Waals surface area contributed by atoms with Crippen LogP contribution in [0.15, 0.2) is 34.3 Å². The molecular formula is C10H12N6OS. The van der Waals surface area contributed by atoms with E-state index < -0.39 is 0 Å². The largest absolute Gasteiger partial charge is 0.383 e. The van der Waals surface area contributed by atoms with Gasteiger partial charge in [0.15, 0.2) is 5.16 Å².